The molecule has 1 saturated heterocycles. The molecule has 1 fully saturated rings. The zero-order valence-corrected chi connectivity index (χ0v) is 15.6. The summed E-state index contributed by atoms with van der Waals surface area (Å²) in [5.74, 6) is -0.0273. The van der Waals surface area contributed by atoms with Gasteiger partial charge in [-0.15, -0.1) is 12.4 Å². The summed E-state index contributed by atoms with van der Waals surface area (Å²) in [5, 5.41) is 3.25. The monoisotopic (exact) mass is 396 g/mol. The van der Waals surface area contributed by atoms with Crippen molar-refractivity contribution in [3.05, 3.63) is 64.7 Å². The van der Waals surface area contributed by atoms with E-state index in [4.69, 9.17) is 0 Å². The van der Waals surface area contributed by atoms with Crippen LogP contribution in [0.2, 0.25) is 0 Å². The zero-order chi connectivity index (χ0) is 18.5. The number of alkyl halides is 3. The Morgan fingerprint density at radius 1 is 1.19 bits per heavy atom. The number of hydrogen-bond donors (Lipinski definition) is 1. The van der Waals surface area contributed by atoms with Gasteiger partial charge < -0.3 is 10.2 Å². The Morgan fingerprint density at radius 3 is 2.59 bits per heavy atom. The standard InChI is InChI=1S/C20H19F3N2O.ClH/c1-13-6-7-15(20(21,22)23)10-14(13)11-25-17-5-3-2-4-16(17)19(18(25)26)8-9-24-12-19;/h2-7,10,24H,8-9,11-12H2,1H3;1H. The molecule has 27 heavy (non-hydrogen) atoms. The normalized spacial score (nSPS) is 21.5. The molecule has 144 valence electrons. The van der Waals surface area contributed by atoms with Crippen LogP contribution in [0.5, 0.6) is 0 Å². The number of aryl methyl sites for hydroxylation is 1. The van der Waals surface area contributed by atoms with Crippen LogP contribution in [0.3, 0.4) is 0 Å². The minimum atomic E-state index is -4.40. The van der Waals surface area contributed by atoms with Crippen molar-refractivity contribution in [2.24, 2.45) is 0 Å². The van der Waals surface area contributed by atoms with Gasteiger partial charge in [0.1, 0.15) is 0 Å². The highest BCUT2D eigenvalue weighted by Crippen LogP contribution is 2.46. The van der Waals surface area contributed by atoms with Gasteiger partial charge in [0.25, 0.3) is 0 Å². The number of rotatable bonds is 2. The number of benzene rings is 2. The summed E-state index contributed by atoms with van der Waals surface area (Å²) in [6.07, 6.45) is -3.69. The minimum absolute atomic E-state index is 0. The molecular formula is C20H20ClF3N2O. The Morgan fingerprint density at radius 2 is 1.93 bits per heavy atom. The number of anilines is 1. The fourth-order valence-corrected chi connectivity index (χ4v) is 4.05. The first-order chi connectivity index (χ1) is 12.3. The molecule has 2 aliphatic heterocycles. The molecule has 0 aliphatic carbocycles. The second-order valence-electron chi connectivity index (χ2n) is 7.06. The quantitative estimate of drug-likeness (QED) is 0.824. The van der Waals surface area contributed by atoms with Crippen molar-refractivity contribution in [3.8, 4) is 0 Å². The number of carbonyl (C=O) groups is 1. The first kappa shape index (κ1) is 19.7. The minimum Gasteiger partial charge on any atom is -0.315 e. The first-order valence-corrected chi connectivity index (χ1v) is 8.62. The first-order valence-electron chi connectivity index (χ1n) is 8.62. The second kappa shape index (κ2) is 6.84. The van der Waals surface area contributed by atoms with E-state index in [1.807, 2.05) is 24.3 Å². The van der Waals surface area contributed by atoms with E-state index in [1.165, 1.54) is 6.07 Å². The Balaban J connectivity index is 0.00000210. The molecule has 0 aromatic heterocycles. The molecule has 2 aromatic carbocycles. The van der Waals surface area contributed by atoms with Crippen LogP contribution < -0.4 is 10.2 Å². The molecular weight excluding hydrogens is 377 g/mol. The summed E-state index contributed by atoms with van der Waals surface area (Å²) in [5.41, 5.74) is 1.76. The molecule has 0 saturated carbocycles. The highest BCUT2D eigenvalue weighted by Gasteiger charge is 2.52. The Hall–Kier alpha value is -2.05. The fourth-order valence-electron chi connectivity index (χ4n) is 4.05. The molecule has 3 nitrogen and oxygen atoms in total. The number of amides is 1. The van der Waals surface area contributed by atoms with E-state index in [0.29, 0.717) is 18.5 Å². The lowest BCUT2D eigenvalue weighted by molar-refractivity contribution is -0.137. The number of fused-ring (bicyclic) bond motifs is 2. The van der Waals surface area contributed by atoms with Crippen LogP contribution >= 0.6 is 12.4 Å². The maximum atomic E-state index is 13.2. The third-order valence-electron chi connectivity index (χ3n) is 5.53. The molecule has 2 heterocycles. The van der Waals surface area contributed by atoms with E-state index >= 15 is 0 Å². The van der Waals surface area contributed by atoms with Crippen molar-refractivity contribution in [3.63, 3.8) is 0 Å². The van der Waals surface area contributed by atoms with Gasteiger partial charge in [-0.25, -0.2) is 0 Å². The van der Waals surface area contributed by atoms with Gasteiger partial charge in [0.2, 0.25) is 5.91 Å². The summed E-state index contributed by atoms with van der Waals surface area (Å²) < 4.78 is 39.2. The van der Waals surface area contributed by atoms with E-state index in [-0.39, 0.29) is 24.9 Å². The van der Waals surface area contributed by atoms with E-state index in [0.717, 1.165) is 35.5 Å². The molecule has 1 atom stereocenters. The molecule has 0 bridgehead atoms. The summed E-state index contributed by atoms with van der Waals surface area (Å²) in [7, 11) is 0. The van der Waals surface area contributed by atoms with Crippen LogP contribution in [-0.2, 0) is 22.9 Å². The summed E-state index contributed by atoms with van der Waals surface area (Å²) in [6.45, 7) is 3.25. The Bertz CT molecular complexity index is 876. The number of para-hydroxylation sites is 1. The Kier molecular flexibility index (Phi) is 4.99. The smallest absolute Gasteiger partial charge is 0.315 e. The second-order valence-corrected chi connectivity index (χ2v) is 7.06. The maximum Gasteiger partial charge on any atom is 0.416 e. The van der Waals surface area contributed by atoms with E-state index < -0.39 is 17.2 Å². The van der Waals surface area contributed by atoms with Gasteiger partial charge in [0.05, 0.1) is 17.5 Å². The number of hydrogen-bond acceptors (Lipinski definition) is 2. The highest BCUT2D eigenvalue weighted by atomic mass is 35.5. The van der Waals surface area contributed by atoms with Crippen LogP contribution in [0.4, 0.5) is 18.9 Å². The molecule has 1 spiro atoms. The lowest BCUT2D eigenvalue weighted by Crippen LogP contribution is -2.41. The third kappa shape index (κ3) is 3.11. The zero-order valence-electron chi connectivity index (χ0n) is 14.8. The van der Waals surface area contributed by atoms with Crippen molar-refractivity contribution in [1.29, 1.82) is 0 Å². The summed E-state index contributed by atoms with van der Waals surface area (Å²) in [4.78, 5) is 14.9. The van der Waals surface area contributed by atoms with Gasteiger partial charge in [0.15, 0.2) is 0 Å². The number of carbonyl (C=O) groups excluding carboxylic acids is 1. The molecule has 4 rings (SSSR count). The molecule has 2 aliphatic rings. The van der Waals surface area contributed by atoms with Gasteiger partial charge in [-0.3, -0.25) is 4.79 Å². The van der Waals surface area contributed by atoms with Crippen LogP contribution in [0.15, 0.2) is 42.5 Å². The summed E-state index contributed by atoms with van der Waals surface area (Å²) >= 11 is 0. The maximum absolute atomic E-state index is 13.2. The molecule has 7 heteroatoms. The van der Waals surface area contributed by atoms with Gasteiger partial charge >= 0.3 is 6.18 Å². The molecule has 2 aromatic rings. The van der Waals surface area contributed by atoms with E-state index in [9.17, 15) is 18.0 Å². The predicted octanol–water partition coefficient (Wildman–Crippen LogP) is 4.21. The Labute approximate surface area is 162 Å². The van der Waals surface area contributed by atoms with E-state index in [1.54, 1.807) is 11.8 Å². The molecule has 1 N–H and O–H groups in total. The largest absolute Gasteiger partial charge is 0.416 e. The average Bonchev–Trinajstić information content (AvgIpc) is 3.17. The highest BCUT2D eigenvalue weighted by molar-refractivity contribution is 6.08. The number of nitrogens with zero attached hydrogens (tertiary/aromatic N) is 1. The lowest BCUT2D eigenvalue weighted by Gasteiger charge is -2.24. The third-order valence-corrected chi connectivity index (χ3v) is 5.53. The molecule has 1 unspecified atom stereocenters. The molecule has 1 amide bonds. The topological polar surface area (TPSA) is 32.3 Å². The van der Waals surface area contributed by atoms with Crippen molar-refractivity contribution >= 4 is 24.0 Å². The van der Waals surface area contributed by atoms with Crippen molar-refractivity contribution < 1.29 is 18.0 Å². The van der Waals surface area contributed by atoms with Gasteiger partial charge in [0, 0.05) is 12.2 Å². The van der Waals surface area contributed by atoms with Crippen LogP contribution in [0.25, 0.3) is 0 Å². The van der Waals surface area contributed by atoms with Gasteiger partial charge in [-0.1, -0.05) is 24.3 Å². The fraction of sp³-hybridized carbons (Fsp3) is 0.350. The lowest BCUT2D eigenvalue weighted by atomic mass is 9.81. The molecule has 0 radical (unpaired) electrons. The van der Waals surface area contributed by atoms with Crippen molar-refractivity contribution in [2.45, 2.75) is 31.5 Å². The van der Waals surface area contributed by atoms with Gasteiger partial charge in [-0.05, 0) is 54.8 Å². The van der Waals surface area contributed by atoms with Crippen LogP contribution in [0, 0.1) is 6.92 Å². The van der Waals surface area contributed by atoms with E-state index in [2.05, 4.69) is 5.32 Å². The van der Waals surface area contributed by atoms with Crippen LogP contribution in [0.1, 0.15) is 28.7 Å². The van der Waals surface area contributed by atoms with Crippen LogP contribution in [-0.4, -0.2) is 19.0 Å². The summed E-state index contributed by atoms with van der Waals surface area (Å²) in [6, 6.07) is 11.3. The van der Waals surface area contributed by atoms with Crippen molar-refractivity contribution in [1.82, 2.24) is 5.32 Å². The number of nitrogens with one attached hydrogen (secondary N) is 1. The number of halogens is 4. The SMILES string of the molecule is Cc1ccc(C(F)(F)F)cc1CN1C(=O)C2(CCNC2)c2ccccc21.Cl. The average molecular weight is 397 g/mol. The van der Waals surface area contributed by atoms with Crippen molar-refractivity contribution in [2.75, 3.05) is 18.0 Å². The predicted molar refractivity (Wildman–Crippen MR) is 100 cm³/mol. The van der Waals surface area contributed by atoms with Gasteiger partial charge in [-0.2, -0.15) is 13.2 Å².